The van der Waals surface area contributed by atoms with Gasteiger partial charge in [0.05, 0.1) is 0 Å². The molecule has 0 bridgehead atoms. The fourth-order valence-electron chi connectivity index (χ4n) is 1.52. The van der Waals surface area contributed by atoms with Gasteiger partial charge in [0.15, 0.2) is 0 Å². The Bertz CT molecular complexity index is 413. The molecule has 6 N–H and O–H groups in total. The average molecular weight is 332 g/mol. The third kappa shape index (κ3) is 4.01. The van der Waals surface area contributed by atoms with E-state index < -0.39 is 0 Å². The van der Waals surface area contributed by atoms with Gasteiger partial charge in [-0.05, 0) is 35.4 Å². The zero-order valence-corrected chi connectivity index (χ0v) is 11.5. The maximum Gasteiger partial charge on any atom is 0.0485 e. The van der Waals surface area contributed by atoms with E-state index in [1.807, 2.05) is 48.5 Å². The van der Waals surface area contributed by atoms with Crippen molar-refractivity contribution < 1.29 is 33.3 Å². The minimum Gasteiger partial charge on any atom is -0.324 e. The summed E-state index contributed by atoms with van der Waals surface area (Å²) >= 11 is 0. The van der Waals surface area contributed by atoms with Gasteiger partial charge in [0.2, 0.25) is 0 Å². The molecule has 0 unspecified atom stereocenters. The Morgan fingerprint density at radius 2 is 0.889 bits per heavy atom. The van der Waals surface area contributed by atoms with Crippen molar-refractivity contribution in [2.45, 2.75) is 0 Å². The van der Waals surface area contributed by atoms with Crippen LogP contribution in [0.15, 0.2) is 48.5 Å². The van der Waals surface area contributed by atoms with Crippen LogP contribution < -0.4 is 22.5 Å². The monoisotopic (exact) mass is 331 g/mol. The van der Waals surface area contributed by atoms with Gasteiger partial charge in [-0.3, -0.25) is 11.7 Å². The van der Waals surface area contributed by atoms with Crippen LogP contribution in [0.4, 0.5) is 11.4 Å². The summed E-state index contributed by atoms with van der Waals surface area (Å²) in [6.07, 6.45) is 0. The molecule has 6 heteroatoms. The number of hydrogen-bond acceptors (Lipinski definition) is 4. The molecule has 0 atom stereocenters. The molecule has 0 amide bonds. The standard InChI is InChI=1S/C12H14N4.Co.Ni/c13-15-11-5-1-9(2-6-11)10-3-7-12(16-14)8-4-10;;/h1-8,15-16H,13-14H2;;. The second-order valence-corrected chi connectivity index (χ2v) is 3.44. The molecular weight excluding hydrogens is 318 g/mol. The first-order chi connectivity index (χ1) is 7.83. The van der Waals surface area contributed by atoms with Gasteiger partial charge in [0.1, 0.15) is 0 Å². The average Bonchev–Trinajstić information content (AvgIpc) is 2.39. The summed E-state index contributed by atoms with van der Waals surface area (Å²) in [6, 6.07) is 15.8. The third-order valence-corrected chi connectivity index (χ3v) is 2.44. The van der Waals surface area contributed by atoms with Crippen molar-refractivity contribution in [3.05, 3.63) is 48.5 Å². The topological polar surface area (TPSA) is 76.1 Å². The second-order valence-electron chi connectivity index (χ2n) is 3.44. The van der Waals surface area contributed by atoms with Crippen LogP contribution in [-0.4, -0.2) is 0 Å². The maximum atomic E-state index is 5.30. The van der Waals surface area contributed by atoms with E-state index in [2.05, 4.69) is 10.9 Å². The molecule has 0 aliphatic heterocycles. The van der Waals surface area contributed by atoms with Gasteiger partial charge in [0, 0.05) is 44.6 Å². The second kappa shape index (κ2) is 8.13. The number of nitrogens with two attached hydrogens (primary N) is 2. The molecule has 18 heavy (non-hydrogen) atoms. The Morgan fingerprint density at radius 1 is 0.611 bits per heavy atom. The Kier molecular flexibility index (Phi) is 7.66. The molecule has 0 saturated heterocycles. The van der Waals surface area contributed by atoms with E-state index in [1.165, 1.54) is 0 Å². The predicted molar refractivity (Wildman–Crippen MR) is 67.5 cm³/mol. The first kappa shape index (κ1) is 17.0. The molecule has 1 radical (unpaired) electrons. The molecule has 0 heterocycles. The molecule has 4 nitrogen and oxygen atoms in total. The normalized spacial score (nSPS) is 8.78. The number of anilines is 2. The number of nitrogen functional groups attached to an aromatic ring is 2. The summed E-state index contributed by atoms with van der Waals surface area (Å²) in [5.41, 5.74) is 9.26. The van der Waals surface area contributed by atoms with Crippen molar-refractivity contribution in [3.63, 3.8) is 0 Å². The molecule has 0 saturated carbocycles. The van der Waals surface area contributed by atoms with Crippen LogP contribution in [0.1, 0.15) is 0 Å². The summed E-state index contributed by atoms with van der Waals surface area (Å²) in [4.78, 5) is 0. The van der Waals surface area contributed by atoms with Gasteiger partial charge in [-0.2, -0.15) is 0 Å². The van der Waals surface area contributed by atoms with Gasteiger partial charge in [-0.1, -0.05) is 24.3 Å². The summed E-state index contributed by atoms with van der Waals surface area (Å²) in [5, 5.41) is 0. The molecule has 0 fully saturated rings. The SMILES string of the molecule is NNc1ccc(-c2ccc(NN)cc2)cc1.[Co].[Ni]. The van der Waals surface area contributed by atoms with E-state index >= 15 is 0 Å². The summed E-state index contributed by atoms with van der Waals surface area (Å²) < 4.78 is 0. The molecule has 0 spiro atoms. The van der Waals surface area contributed by atoms with Gasteiger partial charge < -0.3 is 10.9 Å². The van der Waals surface area contributed by atoms with Crippen LogP contribution in [0.3, 0.4) is 0 Å². The molecule has 101 valence electrons. The summed E-state index contributed by atoms with van der Waals surface area (Å²) in [7, 11) is 0. The van der Waals surface area contributed by atoms with Crippen LogP contribution in [0.25, 0.3) is 11.1 Å². The molecule has 0 aromatic heterocycles. The molecule has 2 aromatic rings. The van der Waals surface area contributed by atoms with Crippen molar-refractivity contribution >= 4 is 11.4 Å². The van der Waals surface area contributed by atoms with Gasteiger partial charge in [0.25, 0.3) is 0 Å². The van der Waals surface area contributed by atoms with E-state index in [4.69, 9.17) is 11.7 Å². The maximum absolute atomic E-state index is 5.30. The largest absolute Gasteiger partial charge is 0.324 e. The summed E-state index contributed by atoms with van der Waals surface area (Å²) in [6.45, 7) is 0. The van der Waals surface area contributed by atoms with E-state index in [0.29, 0.717) is 0 Å². The van der Waals surface area contributed by atoms with E-state index in [-0.39, 0.29) is 33.3 Å². The van der Waals surface area contributed by atoms with Crippen molar-refractivity contribution in [1.82, 2.24) is 0 Å². The molecule has 0 aliphatic carbocycles. The summed E-state index contributed by atoms with van der Waals surface area (Å²) in [5.74, 6) is 10.6. The minimum absolute atomic E-state index is 0. The van der Waals surface area contributed by atoms with Crippen LogP contribution in [0.5, 0.6) is 0 Å². The van der Waals surface area contributed by atoms with E-state index in [1.54, 1.807) is 0 Å². The van der Waals surface area contributed by atoms with Crippen molar-refractivity contribution in [3.8, 4) is 11.1 Å². The first-order valence-corrected chi connectivity index (χ1v) is 4.97. The molecule has 2 aromatic carbocycles. The first-order valence-electron chi connectivity index (χ1n) is 4.97. The Hall–Kier alpha value is -1.04. The minimum atomic E-state index is 0. The number of nitrogens with one attached hydrogen (secondary N) is 2. The van der Waals surface area contributed by atoms with Crippen LogP contribution in [0, 0.1) is 0 Å². The van der Waals surface area contributed by atoms with E-state index in [0.717, 1.165) is 22.5 Å². The Labute approximate surface area is 127 Å². The van der Waals surface area contributed by atoms with Crippen molar-refractivity contribution in [2.24, 2.45) is 11.7 Å². The van der Waals surface area contributed by atoms with Gasteiger partial charge in [-0.15, -0.1) is 0 Å². The van der Waals surface area contributed by atoms with Gasteiger partial charge >= 0.3 is 0 Å². The number of hydrogen-bond donors (Lipinski definition) is 4. The fraction of sp³-hybridized carbons (Fsp3) is 0. The van der Waals surface area contributed by atoms with Crippen LogP contribution in [0.2, 0.25) is 0 Å². The predicted octanol–water partition coefficient (Wildman–Crippen LogP) is 1.92. The zero-order chi connectivity index (χ0) is 11.4. The van der Waals surface area contributed by atoms with Crippen LogP contribution in [-0.2, 0) is 33.3 Å². The van der Waals surface area contributed by atoms with Crippen molar-refractivity contribution in [1.29, 1.82) is 0 Å². The van der Waals surface area contributed by atoms with Crippen molar-refractivity contribution in [2.75, 3.05) is 10.9 Å². The molecular formula is C12H14CoN4Ni. The smallest absolute Gasteiger partial charge is 0.0485 e. The van der Waals surface area contributed by atoms with Crippen LogP contribution >= 0.6 is 0 Å². The van der Waals surface area contributed by atoms with E-state index in [9.17, 15) is 0 Å². The van der Waals surface area contributed by atoms with Gasteiger partial charge in [-0.25, -0.2) is 0 Å². The Balaban J connectivity index is 0.00000144. The molecule has 2 rings (SSSR count). The number of hydrazine groups is 2. The third-order valence-electron chi connectivity index (χ3n) is 2.44. The number of rotatable bonds is 3. The molecule has 0 aliphatic rings. The zero-order valence-electron chi connectivity index (χ0n) is 9.42. The fourth-order valence-corrected chi connectivity index (χ4v) is 1.52. The number of benzene rings is 2. The quantitative estimate of drug-likeness (QED) is 0.394. The Morgan fingerprint density at radius 3 is 1.11 bits per heavy atom.